The number of benzene rings is 1. The number of rotatable bonds is 4. The number of nitriles is 1. The fraction of sp³-hybridized carbons (Fsp3) is 0.467. The molecule has 1 atom stereocenters. The molecule has 1 saturated carbocycles. The van der Waals surface area contributed by atoms with Crippen LogP contribution in [0, 0.1) is 17.2 Å². The van der Waals surface area contributed by atoms with E-state index >= 15 is 0 Å². The highest BCUT2D eigenvalue weighted by Gasteiger charge is 2.34. The van der Waals surface area contributed by atoms with Gasteiger partial charge in [0.25, 0.3) is 0 Å². The zero-order valence-electron chi connectivity index (χ0n) is 10.9. The van der Waals surface area contributed by atoms with Crippen molar-refractivity contribution in [3.63, 3.8) is 0 Å². The van der Waals surface area contributed by atoms with Crippen LogP contribution < -0.4 is 0 Å². The Morgan fingerprint density at radius 3 is 2.50 bits per heavy atom. The van der Waals surface area contributed by atoms with Crippen molar-refractivity contribution in [3.8, 4) is 6.07 Å². The first-order valence-corrected chi connectivity index (χ1v) is 6.48. The Hall–Kier alpha value is -1.82. The van der Waals surface area contributed by atoms with Crippen molar-refractivity contribution in [2.45, 2.75) is 32.7 Å². The van der Waals surface area contributed by atoms with Crippen molar-refractivity contribution >= 4 is 5.91 Å². The molecule has 2 rings (SSSR count). The highest BCUT2D eigenvalue weighted by atomic mass is 16.2. The zero-order chi connectivity index (χ0) is 13.1. The van der Waals surface area contributed by atoms with Crippen LogP contribution in [-0.4, -0.2) is 17.4 Å². The van der Waals surface area contributed by atoms with E-state index in [1.807, 2.05) is 30.9 Å². The molecular weight excluding hydrogens is 224 g/mol. The molecule has 1 aromatic rings. The average molecular weight is 242 g/mol. The van der Waals surface area contributed by atoms with E-state index in [0.29, 0.717) is 5.56 Å². The molecule has 0 saturated heterocycles. The number of nitrogens with zero attached hydrogens (tertiary/aromatic N) is 2. The molecule has 0 radical (unpaired) electrons. The standard InChI is InChI=1S/C15H18N2O/c1-3-17(15(18)14-8-9-14)11(2)13-6-4-12(10-16)5-7-13/h4-7,11,14H,3,8-9H2,1-2H3/t11-/m1/s1. The molecule has 1 aliphatic carbocycles. The van der Waals surface area contributed by atoms with Gasteiger partial charge in [-0.15, -0.1) is 0 Å². The lowest BCUT2D eigenvalue weighted by molar-refractivity contribution is -0.134. The second-order valence-electron chi connectivity index (χ2n) is 4.81. The van der Waals surface area contributed by atoms with E-state index in [0.717, 1.165) is 24.9 Å². The van der Waals surface area contributed by atoms with Gasteiger partial charge in [0.2, 0.25) is 5.91 Å². The van der Waals surface area contributed by atoms with Crippen molar-refractivity contribution in [1.82, 2.24) is 4.90 Å². The van der Waals surface area contributed by atoms with Crippen LogP contribution >= 0.6 is 0 Å². The minimum atomic E-state index is 0.0795. The van der Waals surface area contributed by atoms with Gasteiger partial charge < -0.3 is 4.90 Å². The Morgan fingerprint density at radius 1 is 1.44 bits per heavy atom. The summed E-state index contributed by atoms with van der Waals surface area (Å²) in [7, 11) is 0. The topological polar surface area (TPSA) is 44.1 Å². The van der Waals surface area contributed by atoms with Crippen LogP contribution in [0.15, 0.2) is 24.3 Å². The van der Waals surface area contributed by atoms with Gasteiger partial charge in [0.05, 0.1) is 17.7 Å². The third-order valence-corrected chi connectivity index (χ3v) is 3.54. The van der Waals surface area contributed by atoms with E-state index in [1.54, 1.807) is 12.1 Å². The van der Waals surface area contributed by atoms with E-state index in [9.17, 15) is 4.79 Å². The third-order valence-electron chi connectivity index (χ3n) is 3.54. The van der Waals surface area contributed by atoms with Crippen LogP contribution in [0.1, 0.15) is 43.9 Å². The van der Waals surface area contributed by atoms with E-state index in [2.05, 4.69) is 6.07 Å². The van der Waals surface area contributed by atoms with Crippen LogP contribution in [0.5, 0.6) is 0 Å². The van der Waals surface area contributed by atoms with Crippen molar-refractivity contribution in [1.29, 1.82) is 5.26 Å². The van der Waals surface area contributed by atoms with Crippen LogP contribution in [0.2, 0.25) is 0 Å². The van der Waals surface area contributed by atoms with Crippen LogP contribution in [-0.2, 0) is 4.79 Å². The van der Waals surface area contributed by atoms with Gasteiger partial charge in [-0.05, 0) is 44.4 Å². The molecule has 0 spiro atoms. The van der Waals surface area contributed by atoms with Gasteiger partial charge in [-0.3, -0.25) is 4.79 Å². The Morgan fingerprint density at radius 2 is 2.06 bits per heavy atom. The molecule has 94 valence electrons. The Labute approximate surface area is 108 Å². The maximum absolute atomic E-state index is 12.1. The SMILES string of the molecule is CCN(C(=O)C1CC1)[C@H](C)c1ccc(C#N)cc1. The number of hydrogen-bond donors (Lipinski definition) is 0. The molecule has 0 heterocycles. The molecule has 1 amide bonds. The van der Waals surface area contributed by atoms with Gasteiger partial charge in [-0.2, -0.15) is 5.26 Å². The maximum Gasteiger partial charge on any atom is 0.226 e. The van der Waals surface area contributed by atoms with Crippen LogP contribution in [0.4, 0.5) is 0 Å². The highest BCUT2D eigenvalue weighted by molar-refractivity contribution is 5.81. The lowest BCUT2D eigenvalue weighted by Crippen LogP contribution is -2.34. The van der Waals surface area contributed by atoms with Crippen molar-refractivity contribution < 1.29 is 4.79 Å². The van der Waals surface area contributed by atoms with Crippen molar-refractivity contribution in [2.75, 3.05) is 6.54 Å². The molecule has 0 N–H and O–H groups in total. The molecule has 1 aliphatic rings. The molecular formula is C15H18N2O. The highest BCUT2D eigenvalue weighted by Crippen LogP contribution is 2.33. The first-order chi connectivity index (χ1) is 8.67. The lowest BCUT2D eigenvalue weighted by Gasteiger charge is -2.28. The largest absolute Gasteiger partial charge is 0.336 e. The van der Waals surface area contributed by atoms with Crippen molar-refractivity contribution in [2.24, 2.45) is 5.92 Å². The smallest absolute Gasteiger partial charge is 0.226 e. The molecule has 0 aromatic heterocycles. The van der Waals surface area contributed by atoms with Gasteiger partial charge >= 0.3 is 0 Å². The summed E-state index contributed by atoms with van der Waals surface area (Å²) >= 11 is 0. The predicted octanol–water partition coefficient (Wildman–Crippen LogP) is 2.88. The summed E-state index contributed by atoms with van der Waals surface area (Å²) in [6.45, 7) is 4.79. The van der Waals surface area contributed by atoms with Crippen molar-refractivity contribution in [3.05, 3.63) is 35.4 Å². The monoisotopic (exact) mass is 242 g/mol. The fourth-order valence-electron chi connectivity index (χ4n) is 2.20. The maximum atomic E-state index is 12.1. The van der Waals surface area contributed by atoms with Gasteiger partial charge in [-0.25, -0.2) is 0 Å². The van der Waals surface area contributed by atoms with Gasteiger partial charge in [0, 0.05) is 12.5 Å². The normalized spacial score (nSPS) is 15.8. The first kappa shape index (κ1) is 12.6. The van der Waals surface area contributed by atoms with E-state index in [4.69, 9.17) is 5.26 Å². The van der Waals surface area contributed by atoms with E-state index in [-0.39, 0.29) is 17.9 Å². The molecule has 0 unspecified atom stereocenters. The molecule has 3 heteroatoms. The molecule has 0 bridgehead atoms. The zero-order valence-corrected chi connectivity index (χ0v) is 10.9. The summed E-state index contributed by atoms with van der Waals surface area (Å²) in [4.78, 5) is 14.1. The molecule has 0 aliphatic heterocycles. The Balaban J connectivity index is 2.14. The van der Waals surface area contributed by atoms with Crippen LogP contribution in [0.3, 0.4) is 0 Å². The number of amides is 1. The fourth-order valence-corrected chi connectivity index (χ4v) is 2.20. The summed E-state index contributed by atoms with van der Waals surface area (Å²) in [6.07, 6.45) is 2.07. The second kappa shape index (κ2) is 5.22. The van der Waals surface area contributed by atoms with Gasteiger partial charge in [0.1, 0.15) is 0 Å². The Kier molecular flexibility index (Phi) is 3.66. The summed E-state index contributed by atoms with van der Waals surface area (Å²) in [5, 5.41) is 8.78. The predicted molar refractivity (Wildman–Crippen MR) is 69.7 cm³/mol. The van der Waals surface area contributed by atoms with Crippen LogP contribution in [0.25, 0.3) is 0 Å². The molecule has 18 heavy (non-hydrogen) atoms. The summed E-state index contributed by atoms with van der Waals surface area (Å²) in [6, 6.07) is 9.67. The first-order valence-electron chi connectivity index (χ1n) is 6.48. The van der Waals surface area contributed by atoms with Gasteiger partial charge in [0.15, 0.2) is 0 Å². The van der Waals surface area contributed by atoms with E-state index < -0.39 is 0 Å². The number of carbonyl (C=O) groups excluding carboxylic acids is 1. The second-order valence-corrected chi connectivity index (χ2v) is 4.81. The van der Waals surface area contributed by atoms with E-state index in [1.165, 1.54) is 0 Å². The summed E-state index contributed by atoms with van der Waals surface area (Å²) < 4.78 is 0. The third kappa shape index (κ3) is 2.53. The molecule has 3 nitrogen and oxygen atoms in total. The lowest BCUT2D eigenvalue weighted by atomic mass is 10.0. The minimum Gasteiger partial charge on any atom is -0.336 e. The quantitative estimate of drug-likeness (QED) is 0.814. The summed E-state index contributed by atoms with van der Waals surface area (Å²) in [5.74, 6) is 0.528. The number of carbonyl (C=O) groups is 1. The number of hydrogen-bond acceptors (Lipinski definition) is 2. The summed E-state index contributed by atoms with van der Waals surface area (Å²) in [5.41, 5.74) is 1.74. The Bertz CT molecular complexity index is 468. The average Bonchev–Trinajstić information content (AvgIpc) is 3.23. The molecule has 1 aromatic carbocycles. The van der Waals surface area contributed by atoms with Gasteiger partial charge in [-0.1, -0.05) is 12.1 Å². The molecule has 1 fully saturated rings. The minimum absolute atomic E-state index is 0.0795.